The molecule has 136 valence electrons. The van der Waals surface area contributed by atoms with E-state index in [-0.39, 0.29) is 31.0 Å². The summed E-state index contributed by atoms with van der Waals surface area (Å²) in [6, 6.07) is 6.96. The molecule has 0 aromatic heterocycles. The van der Waals surface area contributed by atoms with E-state index in [1.807, 2.05) is 20.8 Å². The van der Waals surface area contributed by atoms with Gasteiger partial charge < -0.3 is 14.7 Å². The van der Waals surface area contributed by atoms with Crippen molar-refractivity contribution in [2.24, 2.45) is 0 Å². The Morgan fingerprint density at radius 2 is 1.80 bits per heavy atom. The van der Waals surface area contributed by atoms with E-state index in [1.54, 1.807) is 36.2 Å². The van der Waals surface area contributed by atoms with Gasteiger partial charge in [0.1, 0.15) is 11.4 Å². The molecule has 0 spiro atoms. The van der Waals surface area contributed by atoms with Gasteiger partial charge in [0.2, 0.25) is 0 Å². The largest absolute Gasteiger partial charge is 0.494 e. The fraction of sp³-hybridized carbons (Fsp3) is 0.474. The molecule has 1 heterocycles. The summed E-state index contributed by atoms with van der Waals surface area (Å²) in [5.74, 6) is 0.105. The first-order valence-corrected chi connectivity index (χ1v) is 8.59. The zero-order valence-corrected chi connectivity index (χ0v) is 15.3. The Hall–Kier alpha value is -2.34. The molecular formula is C19H26N2O4. The summed E-state index contributed by atoms with van der Waals surface area (Å²) < 4.78 is 5.57. The van der Waals surface area contributed by atoms with Crippen LogP contribution in [0, 0.1) is 0 Å². The molecule has 1 aromatic rings. The molecule has 25 heavy (non-hydrogen) atoms. The highest BCUT2D eigenvalue weighted by Crippen LogP contribution is 2.32. The Balaban J connectivity index is 2.44. The highest BCUT2D eigenvalue weighted by molar-refractivity contribution is 6.35. The van der Waals surface area contributed by atoms with Crippen molar-refractivity contribution >= 4 is 17.4 Å². The molecule has 0 bridgehead atoms. The topological polar surface area (TPSA) is 70.1 Å². The molecule has 0 saturated heterocycles. The van der Waals surface area contributed by atoms with Crippen LogP contribution < -0.4 is 4.74 Å². The van der Waals surface area contributed by atoms with Gasteiger partial charge in [-0.3, -0.25) is 14.5 Å². The van der Waals surface area contributed by atoms with Crippen molar-refractivity contribution in [3.05, 3.63) is 35.5 Å². The Morgan fingerprint density at radius 3 is 2.32 bits per heavy atom. The number of likely N-dealkylation sites (N-methyl/N-ethyl adjacent to an activating group) is 1. The zero-order valence-electron chi connectivity index (χ0n) is 15.3. The highest BCUT2D eigenvalue weighted by atomic mass is 16.5. The predicted octanol–water partition coefficient (Wildman–Crippen LogP) is 1.89. The maximum atomic E-state index is 12.9. The van der Waals surface area contributed by atoms with Gasteiger partial charge in [0, 0.05) is 19.6 Å². The lowest BCUT2D eigenvalue weighted by Crippen LogP contribution is -2.39. The van der Waals surface area contributed by atoms with E-state index in [1.165, 1.54) is 4.90 Å². The number of amides is 2. The van der Waals surface area contributed by atoms with Crippen molar-refractivity contribution in [2.45, 2.75) is 33.2 Å². The van der Waals surface area contributed by atoms with E-state index in [0.717, 1.165) is 12.2 Å². The second-order valence-corrected chi connectivity index (χ2v) is 6.32. The molecule has 1 aromatic carbocycles. The van der Waals surface area contributed by atoms with Crippen molar-refractivity contribution < 1.29 is 19.4 Å². The summed E-state index contributed by atoms with van der Waals surface area (Å²) in [6.07, 6.45) is 0.916. The normalized spacial score (nSPS) is 14.7. The van der Waals surface area contributed by atoms with E-state index in [9.17, 15) is 14.7 Å². The fourth-order valence-electron chi connectivity index (χ4n) is 2.82. The smallest absolute Gasteiger partial charge is 0.278 e. The molecule has 0 radical (unpaired) electrons. The van der Waals surface area contributed by atoms with Crippen LogP contribution in [0.15, 0.2) is 30.0 Å². The average molecular weight is 346 g/mol. The molecule has 2 amide bonds. The second kappa shape index (κ2) is 8.16. The molecule has 1 N–H and O–H groups in total. The van der Waals surface area contributed by atoms with Gasteiger partial charge in [0.15, 0.2) is 0 Å². The maximum absolute atomic E-state index is 12.9. The number of rotatable bonds is 8. The number of nitrogens with zero attached hydrogens (tertiary/aromatic N) is 2. The molecule has 0 fully saturated rings. The van der Waals surface area contributed by atoms with Crippen molar-refractivity contribution in [3.8, 4) is 5.75 Å². The predicted molar refractivity (Wildman–Crippen MR) is 95.9 cm³/mol. The number of ether oxygens (including phenoxy) is 1. The molecule has 0 aliphatic carbocycles. The van der Waals surface area contributed by atoms with Crippen LogP contribution in [-0.2, 0) is 9.59 Å². The first kappa shape index (κ1) is 19.0. The van der Waals surface area contributed by atoms with Crippen LogP contribution in [0.3, 0.4) is 0 Å². The number of hydrogen-bond donors (Lipinski definition) is 1. The van der Waals surface area contributed by atoms with Crippen molar-refractivity contribution in [1.29, 1.82) is 0 Å². The molecule has 6 nitrogen and oxygen atoms in total. The molecule has 1 aliphatic rings. The fourth-order valence-corrected chi connectivity index (χ4v) is 2.82. The van der Waals surface area contributed by atoms with Gasteiger partial charge in [0.05, 0.1) is 18.8 Å². The van der Waals surface area contributed by atoms with E-state index >= 15 is 0 Å². The summed E-state index contributed by atoms with van der Waals surface area (Å²) in [4.78, 5) is 28.5. The van der Waals surface area contributed by atoms with Crippen LogP contribution >= 0.6 is 0 Å². The highest BCUT2D eigenvalue weighted by Gasteiger charge is 2.41. The van der Waals surface area contributed by atoms with Gasteiger partial charge in [-0.15, -0.1) is 0 Å². The zero-order chi connectivity index (χ0) is 18.6. The van der Waals surface area contributed by atoms with Gasteiger partial charge in [-0.25, -0.2) is 0 Å². The van der Waals surface area contributed by atoms with Crippen LogP contribution in [0.1, 0.15) is 32.8 Å². The van der Waals surface area contributed by atoms with Gasteiger partial charge in [0.25, 0.3) is 11.8 Å². The van der Waals surface area contributed by atoms with Gasteiger partial charge >= 0.3 is 0 Å². The summed E-state index contributed by atoms with van der Waals surface area (Å²) in [6.45, 7) is 6.47. The van der Waals surface area contributed by atoms with Gasteiger partial charge in [-0.05, 0) is 38.0 Å². The number of aliphatic hydroxyl groups excluding tert-OH is 1. The van der Waals surface area contributed by atoms with Gasteiger partial charge in [-0.1, -0.05) is 19.1 Å². The first-order chi connectivity index (χ1) is 11.9. The molecule has 6 heteroatoms. The minimum atomic E-state index is -0.322. The van der Waals surface area contributed by atoms with Crippen LogP contribution in [0.4, 0.5) is 0 Å². The van der Waals surface area contributed by atoms with Crippen LogP contribution in [0.25, 0.3) is 5.57 Å². The molecule has 2 rings (SSSR count). The van der Waals surface area contributed by atoms with Crippen LogP contribution in [-0.4, -0.2) is 59.6 Å². The second-order valence-electron chi connectivity index (χ2n) is 6.32. The monoisotopic (exact) mass is 346 g/mol. The molecular weight excluding hydrogens is 320 g/mol. The Kier molecular flexibility index (Phi) is 6.20. The number of imide groups is 1. The Bertz CT molecular complexity index is 665. The van der Waals surface area contributed by atoms with Crippen molar-refractivity contribution in [2.75, 3.05) is 26.8 Å². The van der Waals surface area contributed by atoms with E-state index in [0.29, 0.717) is 23.4 Å². The number of aliphatic hydroxyl groups is 1. The van der Waals surface area contributed by atoms with E-state index in [2.05, 4.69) is 0 Å². The Labute approximate surface area is 148 Å². The molecule has 0 saturated carbocycles. The minimum Gasteiger partial charge on any atom is -0.494 e. The van der Waals surface area contributed by atoms with Crippen LogP contribution in [0.5, 0.6) is 5.75 Å². The lowest BCUT2D eigenvalue weighted by Gasteiger charge is -2.22. The Morgan fingerprint density at radius 1 is 1.16 bits per heavy atom. The third kappa shape index (κ3) is 3.85. The van der Waals surface area contributed by atoms with E-state index < -0.39 is 0 Å². The third-order valence-electron chi connectivity index (χ3n) is 4.04. The SMILES string of the molecule is CCCOc1ccc(C2=C(N(C)CCO)C(=O)N(C(C)C)C2=O)cc1. The number of hydrogen-bond acceptors (Lipinski definition) is 5. The minimum absolute atomic E-state index is 0.0970. The lowest BCUT2D eigenvalue weighted by molar-refractivity contribution is -0.139. The summed E-state index contributed by atoms with van der Waals surface area (Å²) in [5, 5.41) is 9.21. The molecule has 1 aliphatic heterocycles. The summed E-state index contributed by atoms with van der Waals surface area (Å²) >= 11 is 0. The van der Waals surface area contributed by atoms with Gasteiger partial charge in [-0.2, -0.15) is 0 Å². The third-order valence-corrected chi connectivity index (χ3v) is 4.04. The average Bonchev–Trinajstić information content (AvgIpc) is 2.84. The first-order valence-electron chi connectivity index (χ1n) is 8.59. The summed E-state index contributed by atoms with van der Waals surface area (Å²) in [5.41, 5.74) is 1.37. The molecule has 0 unspecified atom stereocenters. The van der Waals surface area contributed by atoms with Crippen LogP contribution in [0.2, 0.25) is 0 Å². The molecule has 0 atom stereocenters. The van der Waals surface area contributed by atoms with E-state index in [4.69, 9.17) is 4.74 Å². The quantitative estimate of drug-likeness (QED) is 0.728. The lowest BCUT2D eigenvalue weighted by atomic mass is 10.0. The number of carbonyl (C=O) groups is 2. The maximum Gasteiger partial charge on any atom is 0.278 e. The van der Waals surface area contributed by atoms with Crippen molar-refractivity contribution in [3.63, 3.8) is 0 Å². The number of benzene rings is 1. The summed E-state index contributed by atoms with van der Waals surface area (Å²) in [7, 11) is 1.71. The standard InChI is InChI=1S/C19H26N2O4/c1-5-12-25-15-8-6-14(7-9-15)16-17(20(4)10-11-22)19(24)21(13(2)3)18(16)23/h6-9,13,22H,5,10-12H2,1-4H3. The number of carbonyl (C=O) groups excluding carboxylic acids is 2. The van der Waals surface area contributed by atoms with Crippen molar-refractivity contribution in [1.82, 2.24) is 9.80 Å².